The maximum atomic E-state index is 13.0. The van der Waals surface area contributed by atoms with Crippen molar-refractivity contribution in [1.29, 1.82) is 0 Å². The van der Waals surface area contributed by atoms with Crippen LogP contribution in [0.15, 0.2) is 53.6 Å². The molecule has 0 aromatic heterocycles. The zero-order valence-electron chi connectivity index (χ0n) is 14.9. The summed E-state index contributed by atoms with van der Waals surface area (Å²) in [5.74, 6) is -1.17. The first-order valence-corrected chi connectivity index (χ1v) is 8.62. The van der Waals surface area contributed by atoms with E-state index in [9.17, 15) is 18.4 Å². The van der Waals surface area contributed by atoms with Gasteiger partial charge in [0.25, 0.3) is 5.91 Å². The average Bonchev–Trinajstić information content (AvgIpc) is 2.87. The quantitative estimate of drug-likeness (QED) is 0.751. The summed E-state index contributed by atoms with van der Waals surface area (Å²) in [4.78, 5) is 25.8. The molecule has 28 heavy (non-hydrogen) atoms. The van der Waals surface area contributed by atoms with Gasteiger partial charge in [-0.25, -0.2) is 0 Å². The second kappa shape index (κ2) is 7.55. The van der Waals surface area contributed by atoms with Gasteiger partial charge in [0.2, 0.25) is 5.91 Å². The summed E-state index contributed by atoms with van der Waals surface area (Å²) in [7, 11) is 0. The molecule has 1 atom stereocenters. The van der Waals surface area contributed by atoms with Gasteiger partial charge < -0.3 is 10.1 Å². The van der Waals surface area contributed by atoms with Gasteiger partial charge >= 0.3 is 6.61 Å². The number of nitrogens with zero attached hydrogens (tertiary/aromatic N) is 2. The standard InChI is InChI=1S/C19H16ClF2N3O3/c1-11-19(2,16(26)23-13-5-3-4-12(20)10-13)17(27)25(24-11)14-6-8-15(9-7-14)28-18(21)22/h3-10,18H,1-2H3,(H,23,26). The Morgan fingerprint density at radius 3 is 2.54 bits per heavy atom. The number of nitrogens with one attached hydrogen (secondary N) is 1. The molecular weight excluding hydrogens is 392 g/mol. The van der Waals surface area contributed by atoms with Gasteiger partial charge in [-0.05, 0) is 56.3 Å². The number of carbonyl (C=O) groups excluding carboxylic acids is 2. The van der Waals surface area contributed by atoms with E-state index in [1.165, 1.54) is 31.2 Å². The molecule has 1 aliphatic heterocycles. The average molecular weight is 408 g/mol. The number of amides is 2. The molecule has 0 fully saturated rings. The molecule has 1 aliphatic rings. The molecular formula is C19H16ClF2N3O3. The van der Waals surface area contributed by atoms with Crippen LogP contribution in [0.3, 0.4) is 0 Å². The van der Waals surface area contributed by atoms with Crippen LogP contribution in [-0.2, 0) is 9.59 Å². The predicted octanol–water partition coefficient (Wildman–Crippen LogP) is 4.31. The number of rotatable bonds is 5. The molecule has 2 aromatic rings. The van der Waals surface area contributed by atoms with E-state index in [1.807, 2.05) is 0 Å². The van der Waals surface area contributed by atoms with Crippen molar-refractivity contribution in [2.75, 3.05) is 10.3 Å². The number of alkyl halides is 2. The molecule has 1 unspecified atom stereocenters. The monoisotopic (exact) mass is 407 g/mol. The number of ether oxygens (including phenoxy) is 1. The lowest BCUT2D eigenvalue weighted by molar-refractivity contribution is -0.132. The number of hydrogen-bond acceptors (Lipinski definition) is 4. The van der Waals surface area contributed by atoms with Crippen molar-refractivity contribution in [3.8, 4) is 5.75 Å². The smallest absolute Gasteiger partial charge is 0.387 e. The molecule has 6 nitrogen and oxygen atoms in total. The minimum absolute atomic E-state index is 0.0486. The zero-order valence-corrected chi connectivity index (χ0v) is 15.7. The topological polar surface area (TPSA) is 71.0 Å². The molecule has 3 rings (SSSR count). The largest absolute Gasteiger partial charge is 0.435 e. The molecule has 0 saturated carbocycles. The first kappa shape index (κ1) is 19.8. The number of hydrazone groups is 1. The zero-order chi connectivity index (χ0) is 20.5. The van der Waals surface area contributed by atoms with E-state index in [4.69, 9.17) is 11.6 Å². The minimum Gasteiger partial charge on any atom is -0.435 e. The van der Waals surface area contributed by atoms with Gasteiger partial charge in [0.15, 0.2) is 5.41 Å². The van der Waals surface area contributed by atoms with E-state index in [0.29, 0.717) is 22.1 Å². The van der Waals surface area contributed by atoms with Crippen LogP contribution in [0.4, 0.5) is 20.2 Å². The molecule has 0 saturated heterocycles. The fourth-order valence-corrected chi connectivity index (χ4v) is 2.88. The van der Waals surface area contributed by atoms with Crippen molar-refractivity contribution < 1.29 is 23.1 Å². The third kappa shape index (κ3) is 3.68. The van der Waals surface area contributed by atoms with Gasteiger partial charge in [0, 0.05) is 10.7 Å². The Balaban J connectivity index is 1.82. The lowest BCUT2D eigenvalue weighted by atomic mass is 9.84. The molecule has 9 heteroatoms. The second-order valence-corrected chi connectivity index (χ2v) is 6.70. The molecule has 0 bridgehead atoms. The molecule has 2 amide bonds. The van der Waals surface area contributed by atoms with E-state index >= 15 is 0 Å². The Labute approximate surface area is 164 Å². The summed E-state index contributed by atoms with van der Waals surface area (Å²) in [5, 5.41) is 8.37. The van der Waals surface area contributed by atoms with Crippen LogP contribution in [0, 0.1) is 5.41 Å². The van der Waals surface area contributed by atoms with Crippen molar-refractivity contribution >= 4 is 40.5 Å². The van der Waals surface area contributed by atoms with Gasteiger partial charge in [-0.3, -0.25) is 9.59 Å². The molecule has 1 heterocycles. The number of carbonyl (C=O) groups is 2. The van der Waals surface area contributed by atoms with Gasteiger partial charge in [-0.2, -0.15) is 18.9 Å². The fraction of sp³-hybridized carbons (Fsp3) is 0.211. The van der Waals surface area contributed by atoms with Crippen LogP contribution in [0.25, 0.3) is 0 Å². The third-order valence-corrected chi connectivity index (χ3v) is 4.67. The van der Waals surface area contributed by atoms with Gasteiger partial charge in [0.05, 0.1) is 11.4 Å². The van der Waals surface area contributed by atoms with E-state index in [1.54, 1.807) is 31.2 Å². The number of anilines is 2. The van der Waals surface area contributed by atoms with Gasteiger partial charge in [-0.1, -0.05) is 17.7 Å². The van der Waals surface area contributed by atoms with Crippen LogP contribution >= 0.6 is 11.6 Å². The molecule has 1 N–H and O–H groups in total. The highest BCUT2D eigenvalue weighted by atomic mass is 35.5. The SMILES string of the molecule is CC1=NN(c2ccc(OC(F)F)cc2)C(=O)C1(C)C(=O)Nc1cccc(Cl)c1. The third-order valence-electron chi connectivity index (χ3n) is 4.44. The first-order chi connectivity index (χ1) is 13.2. The highest BCUT2D eigenvalue weighted by molar-refractivity contribution is 6.33. The summed E-state index contributed by atoms with van der Waals surface area (Å²) >= 11 is 5.92. The van der Waals surface area contributed by atoms with Gasteiger partial charge in [0.1, 0.15) is 5.75 Å². The van der Waals surface area contributed by atoms with Crippen molar-refractivity contribution in [2.24, 2.45) is 10.5 Å². The second-order valence-electron chi connectivity index (χ2n) is 6.26. The Hall–Kier alpha value is -3.00. The Morgan fingerprint density at radius 1 is 1.25 bits per heavy atom. The van der Waals surface area contributed by atoms with E-state index in [0.717, 1.165) is 5.01 Å². The molecule has 0 spiro atoms. The van der Waals surface area contributed by atoms with E-state index < -0.39 is 23.8 Å². The minimum atomic E-state index is -2.95. The van der Waals surface area contributed by atoms with Crippen molar-refractivity contribution in [1.82, 2.24) is 0 Å². The molecule has 2 aromatic carbocycles. The van der Waals surface area contributed by atoms with Crippen molar-refractivity contribution in [3.63, 3.8) is 0 Å². The summed E-state index contributed by atoms with van der Waals surface area (Å²) in [5.41, 5.74) is -0.457. The summed E-state index contributed by atoms with van der Waals surface area (Å²) in [6.07, 6.45) is 0. The summed E-state index contributed by atoms with van der Waals surface area (Å²) < 4.78 is 28.8. The maximum Gasteiger partial charge on any atom is 0.387 e. The highest BCUT2D eigenvalue weighted by Crippen LogP contribution is 2.34. The molecule has 0 aliphatic carbocycles. The number of hydrogen-bond donors (Lipinski definition) is 1. The Morgan fingerprint density at radius 2 is 1.93 bits per heavy atom. The van der Waals surface area contributed by atoms with E-state index in [-0.39, 0.29) is 5.75 Å². The van der Waals surface area contributed by atoms with Crippen molar-refractivity contribution in [3.05, 3.63) is 53.6 Å². The lowest BCUT2D eigenvalue weighted by Gasteiger charge is -2.23. The lowest BCUT2D eigenvalue weighted by Crippen LogP contribution is -2.46. The number of halogens is 3. The fourth-order valence-electron chi connectivity index (χ4n) is 2.69. The van der Waals surface area contributed by atoms with E-state index in [2.05, 4.69) is 15.2 Å². The van der Waals surface area contributed by atoms with Crippen LogP contribution in [-0.4, -0.2) is 24.1 Å². The maximum absolute atomic E-state index is 13.0. The predicted molar refractivity (Wildman–Crippen MR) is 102 cm³/mol. The van der Waals surface area contributed by atoms with Crippen LogP contribution in [0.5, 0.6) is 5.75 Å². The number of benzene rings is 2. The van der Waals surface area contributed by atoms with Crippen molar-refractivity contribution in [2.45, 2.75) is 20.5 Å². The normalized spacial score (nSPS) is 19.0. The first-order valence-electron chi connectivity index (χ1n) is 8.24. The van der Waals surface area contributed by atoms with Gasteiger partial charge in [-0.15, -0.1) is 0 Å². The van der Waals surface area contributed by atoms with Crippen LogP contribution in [0.2, 0.25) is 5.02 Å². The molecule has 0 radical (unpaired) electrons. The van der Waals surface area contributed by atoms with Crippen LogP contribution < -0.4 is 15.1 Å². The summed E-state index contributed by atoms with van der Waals surface area (Å²) in [6.45, 7) is 0.101. The highest BCUT2D eigenvalue weighted by Gasteiger charge is 2.51. The summed E-state index contributed by atoms with van der Waals surface area (Å²) in [6, 6.07) is 12.0. The van der Waals surface area contributed by atoms with Crippen LogP contribution in [0.1, 0.15) is 13.8 Å². The Bertz CT molecular complexity index is 950. The Kier molecular flexibility index (Phi) is 5.33. The molecule has 146 valence electrons.